The van der Waals surface area contributed by atoms with Crippen molar-refractivity contribution in [1.29, 1.82) is 0 Å². The van der Waals surface area contributed by atoms with Crippen LogP contribution in [0.4, 0.5) is 5.69 Å². The lowest BCUT2D eigenvalue weighted by atomic mass is 10.2. The van der Waals surface area contributed by atoms with Crippen molar-refractivity contribution in [2.75, 3.05) is 19.9 Å². The second-order valence-electron chi connectivity index (χ2n) is 4.86. The van der Waals surface area contributed by atoms with Gasteiger partial charge in [-0.15, -0.1) is 0 Å². The number of aromatic nitrogens is 1. The topological polar surface area (TPSA) is 68.5 Å². The molecule has 2 aromatic rings. The molecule has 0 atom stereocenters. The fraction of sp³-hybridized carbons (Fsp3) is 0.250. The van der Waals surface area contributed by atoms with Gasteiger partial charge in [0.2, 0.25) is 5.91 Å². The molecule has 0 saturated heterocycles. The molecule has 1 amide bonds. The number of amides is 1. The highest BCUT2D eigenvalue weighted by molar-refractivity contribution is 5.78. The Morgan fingerprint density at radius 1 is 1.33 bits per heavy atom. The molecule has 5 heteroatoms. The number of nitrogens with zero attached hydrogens (tertiary/aromatic N) is 2. The summed E-state index contributed by atoms with van der Waals surface area (Å²) in [4.78, 5) is 18.0. The molecule has 0 unspecified atom stereocenters. The first kappa shape index (κ1) is 14.8. The van der Waals surface area contributed by atoms with Crippen LogP contribution in [-0.4, -0.2) is 29.9 Å². The van der Waals surface area contributed by atoms with Crippen molar-refractivity contribution < 1.29 is 9.53 Å². The van der Waals surface area contributed by atoms with Gasteiger partial charge in [-0.3, -0.25) is 9.78 Å². The average Bonchev–Trinajstić information content (AvgIpc) is 2.49. The molecule has 110 valence electrons. The Kier molecular flexibility index (Phi) is 4.77. The number of nitrogens with two attached hydrogens (primary N) is 1. The minimum absolute atomic E-state index is 0.00934. The van der Waals surface area contributed by atoms with Gasteiger partial charge in [0.15, 0.2) is 0 Å². The molecule has 0 aliphatic heterocycles. The van der Waals surface area contributed by atoms with E-state index in [0.717, 1.165) is 11.3 Å². The third kappa shape index (κ3) is 4.21. The molecule has 0 fully saturated rings. The second-order valence-corrected chi connectivity index (χ2v) is 4.86. The molecular formula is C16H19N3O2. The Morgan fingerprint density at radius 2 is 2.14 bits per heavy atom. The summed E-state index contributed by atoms with van der Waals surface area (Å²) in [5, 5.41) is 0. The number of carbonyl (C=O) groups is 1. The largest absolute Gasteiger partial charge is 0.497 e. The Bertz CT molecular complexity index is 611. The number of carbonyl (C=O) groups excluding carboxylic acids is 1. The Balaban J connectivity index is 1.97. The number of ether oxygens (including phenoxy) is 1. The standard InChI is InChI=1S/C16H19N3O2/c1-19(11-12-4-3-5-15(8-12)21-2)16(20)9-14-7-6-13(17)10-18-14/h3-8,10H,9,11,17H2,1-2H3. The molecule has 1 aromatic carbocycles. The van der Waals surface area contributed by atoms with Crippen LogP contribution in [0.2, 0.25) is 0 Å². The van der Waals surface area contributed by atoms with E-state index in [-0.39, 0.29) is 12.3 Å². The molecule has 1 aromatic heterocycles. The average molecular weight is 285 g/mol. The maximum absolute atomic E-state index is 12.2. The van der Waals surface area contributed by atoms with Gasteiger partial charge in [0.05, 0.1) is 25.4 Å². The lowest BCUT2D eigenvalue weighted by molar-refractivity contribution is -0.129. The molecule has 0 aliphatic rings. The normalized spacial score (nSPS) is 10.2. The first-order valence-corrected chi connectivity index (χ1v) is 6.66. The molecule has 21 heavy (non-hydrogen) atoms. The highest BCUT2D eigenvalue weighted by atomic mass is 16.5. The summed E-state index contributed by atoms with van der Waals surface area (Å²) in [5.74, 6) is 0.795. The zero-order valence-electron chi connectivity index (χ0n) is 12.2. The number of nitrogen functional groups attached to an aromatic ring is 1. The predicted octanol–water partition coefficient (Wildman–Crippen LogP) is 1.87. The zero-order valence-corrected chi connectivity index (χ0v) is 12.2. The summed E-state index contributed by atoms with van der Waals surface area (Å²) >= 11 is 0. The molecule has 5 nitrogen and oxygen atoms in total. The van der Waals surface area contributed by atoms with Crippen LogP contribution in [0, 0.1) is 0 Å². The third-order valence-corrected chi connectivity index (χ3v) is 3.16. The fourth-order valence-corrected chi connectivity index (χ4v) is 1.96. The number of likely N-dealkylation sites (N-methyl/N-ethyl adjacent to an activating group) is 1. The number of anilines is 1. The van der Waals surface area contributed by atoms with E-state index in [9.17, 15) is 4.79 Å². The summed E-state index contributed by atoms with van der Waals surface area (Å²) in [6, 6.07) is 11.2. The molecule has 0 saturated carbocycles. The van der Waals surface area contributed by atoms with Gasteiger partial charge in [-0.2, -0.15) is 0 Å². The maximum atomic E-state index is 12.2. The van der Waals surface area contributed by atoms with Crippen LogP contribution in [0.1, 0.15) is 11.3 Å². The Labute approximate surface area is 124 Å². The summed E-state index contributed by atoms with van der Waals surface area (Å²) in [6.07, 6.45) is 1.82. The fourth-order valence-electron chi connectivity index (χ4n) is 1.96. The smallest absolute Gasteiger partial charge is 0.228 e. The van der Waals surface area contributed by atoms with Gasteiger partial charge in [-0.25, -0.2) is 0 Å². The molecule has 2 rings (SSSR count). The first-order chi connectivity index (χ1) is 10.1. The first-order valence-electron chi connectivity index (χ1n) is 6.66. The van der Waals surface area contributed by atoms with Crippen LogP contribution >= 0.6 is 0 Å². The van der Waals surface area contributed by atoms with Gasteiger partial charge in [0.1, 0.15) is 5.75 Å². The number of methoxy groups -OCH3 is 1. The predicted molar refractivity (Wildman–Crippen MR) is 81.8 cm³/mol. The third-order valence-electron chi connectivity index (χ3n) is 3.16. The van der Waals surface area contributed by atoms with E-state index in [0.29, 0.717) is 17.9 Å². The zero-order chi connectivity index (χ0) is 15.2. The van der Waals surface area contributed by atoms with E-state index >= 15 is 0 Å². The van der Waals surface area contributed by atoms with Gasteiger partial charge in [-0.05, 0) is 29.8 Å². The maximum Gasteiger partial charge on any atom is 0.228 e. The van der Waals surface area contributed by atoms with Gasteiger partial charge < -0.3 is 15.4 Å². The highest BCUT2D eigenvalue weighted by Gasteiger charge is 2.11. The summed E-state index contributed by atoms with van der Waals surface area (Å²) < 4.78 is 5.18. The van der Waals surface area contributed by atoms with Crippen molar-refractivity contribution in [1.82, 2.24) is 9.88 Å². The van der Waals surface area contributed by atoms with Crippen molar-refractivity contribution in [3.8, 4) is 5.75 Å². The molecule has 1 heterocycles. The quantitative estimate of drug-likeness (QED) is 0.910. The minimum Gasteiger partial charge on any atom is -0.497 e. The monoisotopic (exact) mass is 285 g/mol. The van der Waals surface area contributed by atoms with E-state index in [2.05, 4.69) is 4.98 Å². The lowest BCUT2D eigenvalue weighted by Gasteiger charge is -2.17. The number of rotatable bonds is 5. The van der Waals surface area contributed by atoms with Crippen molar-refractivity contribution in [2.24, 2.45) is 0 Å². The summed E-state index contributed by atoms with van der Waals surface area (Å²) in [7, 11) is 3.40. The van der Waals surface area contributed by atoms with E-state index < -0.39 is 0 Å². The summed E-state index contributed by atoms with van der Waals surface area (Å²) in [6.45, 7) is 0.533. The minimum atomic E-state index is 0.00934. The molecule has 0 aliphatic carbocycles. The molecule has 2 N–H and O–H groups in total. The molecule has 0 spiro atoms. The molecule has 0 bridgehead atoms. The summed E-state index contributed by atoms with van der Waals surface area (Å²) in [5.41, 5.74) is 7.91. The van der Waals surface area contributed by atoms with E-state index in [1.54, 1.807) is 37.4 Å². The van der Waals surface area contributed by atoms with Gasteiger partial charge in [0.25, 0.3) is 0 Å². The van der Waals surface area contributed by atoms with Crippen LogP contribution in [0.5, 0.6) is 5.75 Å². The van der Waals surface area contributed by atoms with Crippen LogP contribution in [-0.2, 0) is 17.8 Å². The van der Waals surface area contributed by atoms with Crippen LogP contribution in [0.15, 0.2) is 42.6 Å². The number of hydrogen-bond donors (Lipinski definition) is 1. The van der Waals surface area contributed by atoms with Gasteiger partial charge in [-0.1, -0.05) is 12.1 Å². The number of pyridine rings is 1. The SMILES string of the molecule is COc1cccc(CN(C)C(=O)Cc2ccc(N)cn2)c1. The number of benzene rings is 1. The molecular weight excluding hydrogens is 266 g/mol. The van der Waals surface area contributed by atoms with Crippen molar-refractivity contribution >= 4 is 11.6 Å². The van der Waals surface area contributed by atoms with Crippen LogP contribution in [0.3, 0.4) is 0 Å². The second kappa shape index (κ2) is 6.74. The highest BCUT2D eigenvalue weighted by Crippen LogP contribution is 2.14. The van der Waals surface area contributed by atoms with Crippen molar-refractivity contribution in [3.05, 3.63) is 53.9 Å². The van der Waals surface area contributed by atoms with Gasteiger partial charge in [0, 0.05) is 19.3 Å². The molecule has 0 radical (unpaired) electrons. The van der Waals surface area contributed by atoms with E-state index in [4.69, 9.17) is 10.5 Å². The lowest BCUT2D eigenvalue weighted by Crippen LogP contribution is -2.28. The van der Waals surface area contributed by atoms with Gasteiger partial charge >= 0.3 is 0 Å². The van der Waals surface area contributed by atoms with Crippen molar-refractivity contribution in [3.63, 3.8) is 0 Å². The van der Waals surface area contributed by atoms with Crippen LogP contribution in [0.25, 0.3) is 0 Å². The van der Waals surface area contributed by atoms with Crippen LogP contribution < -0.4 is 10.5 Å². The van der Waals surface area contributed by atoms with E-state index in [1.165, 1.54) is 0 Å². The Morgan fingerprint density at radius 3 is 2.81 bits per heavy atom. The Hall–Kier alpha value is -2.56. The van der Waals surface area contributed by atoms with E-state index in [1.807, 2.05) is 24.3 Å². The van der Waals surface area contributed by atoms with Crippen molar-refractivity contribution in [2.45, 2.75) is 13.0 Å². The number of hydrogen-bond acceptors (Lipinski definition) is 4.